The molecule has 3 heterocycles. The highest BCUT2D eigenvalue weighted by molar-refractivity contribution is 6.33. The van der Waals surface area contributed by atoms with Crippen LogP contribution in [0.2, 0.25) is 5.15 Å². The molecule has 1 saturated heterocycles. The average Bonchev–Trinajstić information content (AvgIpc) is 2.89. The quantitative estimate of drug-likeness (QED) is 0.883. The van der Waals surface area contributed by atoms with E-state index in [4.69, 9.17) is 11.6 Å². The number of aromatic nitrogens is 3. The molecule has 22 heavy (non-hydrogen) atoms. The van der Waals surface area contributed by atoms with Gasteiger partial charge in [-0.15, -0.1) is 0 Å². The Kier molecular flexibility index (Phi) is 3.80. The number of nitrogens with zero attached hydrogens (tertiary/aromatic N) is 4. The number of rotatable bonds is 3. The molecule has 5 nitrogen and oxygen atoms in total. The minimum Gasteiger partial charge on any atom is -0.393 e. The second kappa shape index (κ2) is 5.80. The van der Waals surface area contributed by atoms with Crippen LogP contribution in [0.4, 0.5) is 0 Å². The summed E-state index contributed by atoms with van der Waals surface area (Å²) in [6.07, 6.45) is 7.79. The van der Waals surface area contributed by atoms with Gasteiger partial charge in [0.2, 0.25) is 0 Å². The van der Waals surface area contributed by atoms with E-state index >= 15 is 0 Å². The third kappa shape index (κ3) is 2.62. The number of aliphatic hydroxyl groups is 1. The van der Waals surface area contributed by atoms with Crippen LogP contribution in [0.1, 0.15) is 31.7 Å². The molecule has 0 atom stereocenters. The van der Waals surface area contributed by atoms with Crippen molar-refractivity contribution in [2.75, 3.05) is 19.6 Å². The molecule has 1 N–H and O–H groups in total. The highest BCUT2D eigenvalue weighted by Crippen LogP contribution is 2.40. The summed E-state index contributed by atoms with van der Waals surface area (Å²) in [5.41, 5.74) is 0.949. The maximum Gasteiger partial charge on any atom is 0.145 e. The third-order valence-corrected chi connectivity index (χ3v) is 5.44. The van der Waals surface area contributed by atoms with Crippen LogP contribution in [-0.4, -0.2) is 50.3 Å². The van der Waals surface area contributed by atoms with Crippen LogP contribution in [0.25, 0.3) is 11.0 Å². The lowest BCUT2D eigenvalue weighted by Crippen LogP contribution is -2.42. The van der Waals surface area contributed by atoms with Gasteiger partial charge >= 0.3 is 0 Å². The van der Waals surface area contributed by atoms with E-state index in [0.29, 0.717) is 11.2 Å². The smallest absolute Gasteiger partial charge is 0.145 e. The van der Waals surface area contributed by atoms with E-state index in [-0.39, 0.29) is 6.10 Å². The van der Waals surface area contributed by atoms with Crippen molar-refractivity contribution in [3.63, 3.8) is 0 Å². The lowest BCUT2D eigenvalue weighted by Gasteiger charge is -2.41. The van der Waals surface area contributed by atoms with Crippen molar-refractivity contribution < 1.29 is 5.11 Å². The van der Waals surface area contributed by atoms with Gasteiger partial charge in [0.25, 0.3) is 0 Å². The lowest BCUT2D eigenvalue weighted by atomic mass is 9.79. The SMILES string of the molecule is OC1CCN(CC2CC(n3ccc4c(Cl)ncnc43)C2)CC1. The fourth-order valence-corrected chi connectivity index (χ4v) is 3.97. The summed E-state index contributed by atoms with van der Waals surface area (Å²) in [7, 11) is 0. The van der Waals surface area contributed by atoms with Crippen molar-refractivity contribution in [1.29, 1.82) is 0 Å². The number of likely N-dealkylation sites (tertiary alicyclic amines) is 1. The van der Waals surface area contributed by atoms with Crippen molar-refractivity contribution in [3.8, 4) is 0 Å². The number of aliphatic hydroxyl groups excluding tert-OH is 1. The van der Waals surface area contributed by atoms with Crippen LogP contribution in [0, 0.1) is 5.92 Å². The molecule has 1 aliphatic carbocycles. The molecule has 0 radical (unpaired) electrons. The number of hydrogen-bond acceptors (Lipinski definition) is 4. The van der Waals surface area contributed by atoms with Gasteiger partial charge in [0.05, 0.1) is 11.5 Å². The number of fused-ring (bicyclic) bond motifs is 1. The van der Waals surface area contributed by atoms with Crippen LogP contribution >= 0.6 is 11.6 Å². The Bertz CT molecular complexity index is 659. The summed E-state index contributed by atoms with van der Waals surface area (Å²) in [5, 5.41) is 11.0. The van der Waals surface area contributed by atoms with Crippen LogP contribution in [0.3, 0.4) is 0 Å². The molecule has 2 fully saturated rings. The van der Waals surface area contributed by atoms with E-state index in [1.54, 1.807) is 0 Å². The van der Waals surface area contributed by atoms with Crippen LogP contribution in [-0.2, 0) is 0 Å². The molecule has 1 saturated carbocycles. The van der Waals surface area contributed by atoms with Gasteiger partial charge in [0, 0.05) is 31.9 Å². The summed E-state index contributed by atoms with van der Waals surface area (Å²) >= 11 is 6.11. The second-order valence-electron chi connectivity index (χ2n) is 6.65. The van der Waals surface area contributed by atoms with Gasteiger partial charge in [-0.05, 0) is 37.7 Å². The van der Waals surface area contributed by atoms with Gasteiger partial charge in [0.15, 0.2) is 0 Å². The molecule has 0 bridgehead atoms. The van der Waals surface area contributed by atoms with Gasteiger partial charge in [-0.25, -0.2) is 9.97 Å². The topological polar surface area (TPSA) is 54.2 Å². The van der Waals surface area contributed by atoms with Crippen molar-refractivity contribution in [1.82, 2.24) is 19.4 Å². The zero-order valence-electron chi connectivity index (χ0n) is 12.5. The monoisotopic (exact) mass is 320 g/mol. The molecule has 0 spiro atoms. The maximum atomic E-state index is 9.57. The van der Waals surface area contributed by atoms with E-state index in [9.17, 15) is 5.11 Å². The predicted octanol–water partition coefficient (Wildman–Crippen LogP) is 2.49. The number of hydrogen-bond donors (Lipinski definition) is 1. The van der Waals surface area contributed by atoms with E-state index in [1.807, 2.05) is 6.07 Å². The van der Waals surface area contributed by atoms with Gasteiger partial charge in [0.1, 0.15) is 17.1 Å². The Morgan fingerprint density at radius 1 is 1.23 bits per heavy atom. The zero-order valence-corrected chi connectivity index (χ0v) is 13.3. The molecule has 1 aliphatic heterocycles. The summed E-state index contributed by atoms with van der Waals surface area (Å²) in [5.74, 6) is 0.759. The Balaban J connectivity index is 1.37. The van der Waals surface area contributed by atoms with E-state index in [2.05, 4.69) is 25.6 Å². The molecule has 0 aromatic carbocycles. The second-order valence-corrected chi connectivity index (χ2v) is 7.01. The van der Waals surface area contributed by atoms with E-state index in [1.165, 1.54) is 19.2 Å². The normalized spacial score (nSPS) is 27.2. The molecular formula is C16H21ClN4O. The highest BCUT2D eigenvalue weighted by Gasteiger charge is 2.33. The molecule has 118 valence electrons. The predicted molar refractivity (Wildman–Crippen MR) is 86.0 cm³/mol. The first-order valence-electron chi connectivity index (χ1n) is 8.08. The average molecular weight is 321 g/mol. The molecule has 6 heteroatoms. The van der Waals surface area contributed by atoms with Crippen molar-refractivity contribution >= 4 is 22.6 Å². The molecular weight excluding hydrogens is 300 g/mol. The first-order valence-corrected chi connectivity index (χ1v) is 8.46. The van der Waals surface area contributed by atoms with Crippen molar-refractivity contribution in [2.24, 2.45) is 5.92 Å². The molecule has 2 aliphatic rings. The van der Waals surface area contributed by atoms with Gasteiger partial charge in [-0.2, -0.15) is 0 Å². The number of piperidine rings is 1. The fourth-order valence-electron chi connectivity index (χ4n) is 3.78. The van der Waals surface area contributed by atoms with Crippen molar-refractivity contribution in [3.05, 3.63) is 23.7 Å². The summed E-state index contributed by atoms with van der Waals surface area (Å²) in [4.78, 5) is 10.9. The lowest BCUT2D eigenvalue weighted by molar-refractivity contribution is 0.0569. The van der Waals surface area contributed by atoms with Crippen molar-refractivity contribution in [2.45, 2.75) is 37.8 Å². The molecule has 0 amide bonds. The Hall–Kier alpha value is -1.17. The Morgan fingerprint density at radius 2 is 2.00 bits per heavy atom. The standard InChI is InChI=1S/C16H21ClN4O/c17-15-14-3-6-21(16(14)19-10-18-15)12-7-11(8-12)9-20-4-1-13(22)2-5-20/h3,6,10-13,22H,1-2,4-5,7-9H2. The van der Waals surface area contributed by atoms with Gasteiger partial charge < -0.3 is 14.6 Å². The largest absolute Gasteiger partial charge is 0.393 e. The molecule has 4 rings (SSSR count). The van der Waals surface area contributed by atoms with E-state index in [0.717, 1.165) is 49.4 Å². The number of halogens is 1. The first-order chi connectivity index (χ1) is 10.7. The van der Waals surface area contributed by atoms with Gasteiger partial charge in [-0.1, -0.05) is 11.6 Å². The molecule has 0 unspecified atom stereocenters. The third-order valence-electron chi connectivity index (χ3n) is 5.14. The Labute approximate surface area is 134 Å². The summed E-state index contributed by atoms with van der Waals surface area (Å²) in [6, 6.07) is 2.54. The summed E-state index contributed by atoms with van der Waals surface area (Å²) < 4.78 is 2.25. The maximum absolute atomic E-state index is 9.57. The molecule has 2 aromatic heterocycles. The first kappa shape index (κ1) is 14.4. The zero-order chi connectivity index (χ0) is 15.1. The highest BCUT2D eigenvalue weighted by atomic mass is 35.5. The fraction of sp³-hybridized carbons (Fsp3) is 0.625. The molecule has 2 aromatic rings. The summed E-state index contributed by atoms with van der Waals surface area (Å²) in [6.45, 7) is 3.24. The van der Waals surface area contributed by atoms with Gasteiger partial charge in [-0.3, -0.25) is 0 Å². The Morgan fingerprint density at radius 3 is 2.77 bits per heavy atom. The minimum absolute atomic E-state index is 0.0824. The van der Waals surface area contributed by atoms with Crippen LogP contribution < -0.4 is 0 Å². The minimum atomic E-state index is -0.0824. The van der Waals surface area contributed by atoms with Crippen LogP contribution in [0.15, 0.2) is 18.6 Å². The van der Waals surface area contributed by atoms with E-state index < -0.39 is 0 Å². The van der Waals surface area contributed by atoms with Crippen LogP contribution in [0.5, 0.6) is 0 Å².